The standard InChI is InChI=1S/C17H12Cl2N6O2/c1-27-25-16-9(14(20)22-15(23-16)12-5-6-21-24-12)7-8(17(25)26)13-10(18)3-2-4-11(13)19/h2-7H,1H3,(H,21,24)(H2,20,22,23). The minimum atomic E-state index is -0.478. The number of pyridine rings is 1. The van der Waals surface area contributed by atoms with Gasteiger partial charge < -0.3 is 10.6 Å². The van der Waals surface area contributed by atoms with E-state index in [-0.39, 0.29) is 22.9 Å². The van der Waals surface area contributed by atoms with Crippen LogP contribution < -0.4 is 16.1 Å². The molecule has 136 valence electrons. The Labute approximate surface area is 162 Å². The highest BCUT2D eigenvalue weighted by Gasteiger charge is 2.20. The summed E-state index contributed by atoms with van der Waals surface area (Å²) in [6.45, 7) is 0. The Kier molecular flexibility index (Phi) is 4.21. The maximum absolute atomic E-state index is 13.0. The van der Waals surface area contributed by atoms with Crippen molar-refractivity contribution >= 4 is 40.1 Å². The van der Waals surface area contributed by atoms with Crippen LogP contribution in [0.4, 0.5) is 5.82 Å². The molecule has 0 radical (unpaired) electrons. The third-order valence-electron chi connectivity index (χ3n) is 4.01. The number of benzene rings is 1. The highest BCUT2D eigenvalue weighted by atomic mass is 35.5. The van der Waals surface area contributed by atoms with E-state index in [9.17, 15) is 4.79 Å². The summed E-state index contributed by atoms with van der Waals surface area (Å²) in [6, 6.07) is 8.23. The second kappa shape index (κ2) is 6.57. The molecule has 27 heavy (non-hydrogen) atoms. The topological polar surface area (TPSA) is 112 Å². The van der Waals surface area contributed by atoms with Crippen LogP contribution in [-0.2, 0) is 0 Å². The average molecular weight is 403 g/mol. The van der Waals surface area contributed by atoms with Crippen molar-refractivity contribution in [2.45, 2.75) is 0 Å². The van der Waals surface area contributed by atoms with Crippen LogP contribution in [0.25, 0.3) is 33.7 Å². The van der Waals surface area contributed by atoms with E-state index in [0.29, 0.717) is 26.7 Å². The molecule has 4 rings (SSSR count). The largest absolute Gasteiger partial charge is 0.412 e. The maximum atomic E-state index is 13.0. The Morgan fingerprint density at radius 1 is 1.19 bits per heavy atom. The third kappa shape index (κ3) is 2.79. The molecule has 10 heteroatoms. The van der Waals surface area contributed by atoms with Crippen molar-refractivity contribution in [3.05, 3.63) is 56.9 Å². The number of hydrogen-bond acceptors (Lipinski definition) is 6. The lowest BCUT2D eigenvalue weighted by Gasteiger charge is -2.13. The molecule has 8 nitrogen and oxygen atoms in total. The molecule has 0 saturated carbocycles. The molecule has 0 bridgehead atoms. The van der Waals surface area contributed by atoms with E-state index in [1.807, 2.05) is 0 Å². The quantitative estimate of drug-likeness (QED) is 0.544. The van der Waals surface area contributed by atoms with Crippen LogP contribution >= 0.6 is 23.2 Å². The molecule has 0 amide bonds. The monoisotopic (exact) mass is 402 g/mol. The van der Waals surface area contributed by atoms with Crippen LogP contribution in [0.5, 0.6) is 0 Å². The number of nitrogen functional groups attached to an aromatic ring is 1. The summed E-state index contributed by atoms with van der Waals surface area (Å²) in [5.41, 5.74) is 7.04. The smallest absolute Gasteiger partial charge is 0.293 e. The van der Waals surface area contributed by atoms with Crippen molar-refractivity contribution in [3.63, 3.8) is 0 Å². The minimum absolute atomic E-state index is 0.167. The van der Waals surface area contributed by atoms with E-state index in [2.05, 4.69) is 20.2 Å². The summed E-state index contributed by atoms with van der Waals surface area (Å²) in [4.78, 5) is 27.0. The summed E-state index contributed by atoms with van der Waals surface area (Å²) < 4.78 is 1.03. The molecule has 0 atom stereocenters. The fourth-order valence-corrected chi connectivity index (χ4v) is 3.38. The van der Waals surface area contributed by atoms with Crippen molar-refractivity contribution in [2.75, 3.05) is 12.8 Å². The summed E-state index contributed by atoms with van der Waals surface area (Å²) in [5.74, 6) is 0.450. The van der Waals surface area contributed by atoms with Gasteiger partial charge >= 0.3 is 0 Å². The zero-order valence-electron chi connectivity index (χ0n) is 13.9. The van der Waals surface area contributed by atoms with Gasteiger partial charge in [-0.1, -0.05) is 29.3 Å². The van der Waals surface area contributed by atoms with Gasteiger partial charge in [-0.3, -0.25) is 9.89 Å². The minimum Gasteiger partial charge on any atom is -0.412 e. The average Bonchev–Trinajstić information content (AvgIpc) is 3.17. The predicted octanol–water partition coefficient (Wildman–Crippen LogP) is 2.80. The Hall–Kier alpha value is -3.10. The van der Waals surface area contributed by atoms with Crippen molar-refractivity contribution in [1.29, 1.82) is 0 Å². The molecule has 0 fully saturated rings. The molecule has 0 unspecified atom stereocenters. The highest BCUT2D eigenvalue weighted by molar-refractivity contribution is 6.39. The fourth-order valence-electron chi connectivity index (χ4n) is 2.78. The van der Waals surface area contributed by atoms with Gasteiger partial charge in [-0.05, 0) is 24.3 Å². The van der Waals surface area contributed by atoms with E-state index in [1.54, 1.807) is 36.5 Å². The number of nitrogens with one attached hydrogen (secondary N) is 1. The van der Waals surface area contributed by atoms with Gasteiger partial charge in [-0.25, -0.2) is 9.97 Å². The Morgan fingerprint density at radius 2 is 1.93 bits per heavy atom. The van der Waals surface area contributed by atoms with Crippen LogP contribution in [0.15, 0.2) is 41.3 Å². The number of fused-ring (bicyclic) bond motifs is 1. The molecular formula is C17H12Cl2N6O2. The molecule has 0 saturated heterocycles. The van der Waals surface area contributed by atoms with Crippen molar-refractivity contribution in [2.24, 2.45) is 0 Å². The summed E-state index contributed by atoms with van der Waals surface area (Å²) in [6.07, 6.45) is 1.56. The third-order valence-corrected chi connectivity index (χ3v) is 4.64. The van der Waals surface area contributed by atoms with Crippen LogP contribution in [0.3, 0.4) is 0 Å². The van der Waals surface area contributed by atoms with Crippen molar-refractivity contribution in [3.8, 4) is 22.6 Å². The van der Waals surface area contributed by atoms with Gasteiger partial charge in [0.05, 0.1) is 21.0 Å². The molecule has 3 aromatic heterocycles. The number of hydrogen-bond donors (Lipinski definition) is 2. The number of nitrogens with two attached hydrogens (primary N) is 1. The second-order valence-electron chi connectivity index (χ2n) is 5.58. The predicted molar refractivity (Wildman–Crippen MR) is 104 cm³/mol. The Balaban J connectivity index is 2.08. The number of nitrogens with zero attached hydrogens (tertiary/aromatic N) is 4. The summed E-state index contributed by atoms with van der Waals surface area (Å²) >= 11 is 12.5. The van der Waals surface area contributed by atoms with Crippen LogP contribution in [0.2, 0.25) is 10.0 Å². The van der Waals surface area contributed by atoms with E-state index in [0.717, 1.165) is 4.73 Å². The number of rotatable bonds is 3. The van der Waals surface area contributed by atoms with E-state index >= 15 is 0 Å². The molecular weight excluding hydrogens is 391 g/mol. The normalized spacial score (nSPS) is 11.1. The van der Waals surface area contributed by atoms with Gasteiger partial charge in [0.2, 0.25) is 0 Å². The van der Waals surface area contributed by atoms with Gasteiger partial charge in [0.25, 0.3) is 5.56 Å². The first-order valence-corrected chi connectivity index (χ1v) is 8.48. The first-order chi connectivity index (χ1) is 13.0. The molecule has 1 aromatic carbocycles. The lowest BCUT2D eigenvalue weighted by Crippen LogP contribution is -2.27. The van der Waals surface area contributed by atoms with Gasteiger partial charge in [0, 0.05) is 11.8 Å². The fraction of sp³-hybridized carbons (Fsp3) is 0.0588. The van der Waals surface area contributed by atoms with E-state index in [1.165, 1.54) is 7.11 Å². The Bertz CT molecular complexity index is 1200. The first kappa shape index (κ1) is 17.3. The SMILES string of the molecule is COn1c(=O)c(-c2c(Cl)cccc2Cl)cc2c(N)nc(-c3ccn[nH]3)nc21. The zero-order valence-corrected chi connectivity index (χ0v) is 15.4. The van der Waals surface area contributed by atoms with Gasteiger partial charge in [-0.15, -0.1) is 4.73 Å². The van der Waals surface area contributed by atoms with Crippen LogP contribution in [0, 0.1) is 0 Å². The molecule has 0 aliphatic carbocycles. The lowest BCUT2D eigenvalue weighted by atomic mass is 10.1. The van der Waals surface area contributed by atoms with Gasteiger partial charge in [0.15, 0.2) is 11.5 Å². The molecule has 0 spiro atoms. The Morgan fingerprint density at radius 3 is 2.56 bits per heavy atom. The molecule has 3 N–H and O–H groups in total. The maximum Gasteiger partial charge on any atom is 0.293 e. The number of anilines is 1. The highest BCUT2D eigenvalue weighted by Crippen LogP contribution is 2.34. The number of H-pyrrole nitrogens is 1. The summed E-state index contributed by atoms with van der Waals surface area (Å²) in [5, 5.41) is 7.70. The number of aromatic nitrogens is 5. The molecule has 0 aliphatic rings. The summed E-state index contributed by atoms with van der Waals surface area (Å²) in [7, 11) is 1.35. The van der Waals surface area contributed by atoms with E-state index < -0.39 is 5.56 Å². The number of aromatic amines is 1. The molecule has 0 aliphatic heterocycles. The zero-order chi connectivity index (χ0) is 19.1. The number of halogens is 2. The lowest BCUT2D eigenvalue weighted by molar-refractivity contribution is 0.168. The van der Waals surface area contributed by atoms with Crippen LogP contribution in [-0.4, -0.2) is 32.0 Å². The van der Waals surface area contributed by atoms with Crippen molar-refractivity contribution in [1.82, 2.24) is 24.9 Å². The van der Waals surface area contributed by atoms with E-state index in [4.69, 9.17) is 33.8 Å². The van der Waals surface area contributed by atoms with Gasteiger partial charge in [-0.2, -0.15) is 5.10 Å². The molecule has 4 aromatic rings. The first-order valence-electron chi connectivity index (χ1n) is 7.73. The molecule has 3 heterocycles. The van der Waals surface area contributed by atoms with Gasteiger partial charge in [0.1, 0.15) is 18.6 Å². The second-order valence-corrected chi connectivity index (χ2v) is 6.39. The van der Waals surface area contributed by atoms with Crippen LogP contribution in [0.1, 0.15) is 0 Å². The van der Waals surface area contributed by atoms with Crippen molar-refractivity contribution < 1.29 is 4.84 Å².